The summed E-state index contributed by atoms with van der Waals surface area (Å²) in [5, 5.41) is 2.64. The summed E-state index contributed by atoms with van der Waals surface area (Å²) in [4.78, 5) is 23.4. The summed E-state index contributed by atoms with van der Waals surface area (Å²) in [6.07, 6.45) is 0.535. The smallest absolute Gasteiger partial charge is 0.340 e. The summed E-state index contributed by atoms with van der Waals surface area (Å²) in [5.74, 6) is -0.771. The van der Waals surface area contributed by atoms with E-state index in [1.165, 1.54) is 0 Å². The van der Waals surface area contributed by atoms with Gasteiger partial charge in [-0.05, 0) is 25.5 Å². The van der Waals surface area contributed by atoms with Crippen LogP contribution in [0.2, 0.25) is 0 Å². The minimum Gasteiger partial charge on any atom is -0.462 e. The van der Waals surface area contributed by atoms with Gasteiger partial charge >= 0.3 is 5.97 Å². The molecule has 1 atom stereocenters. The van der Waals surface area contributed by atoms with Crippen LogP contribution >= 0.6 is 0 Å². The van der Waals surface area contributed by atoms with E-state index in [1.54, 1.807) is 31.2 Å². The van der Waals surface area contributed by atoms with Crippen LogP contribution < -0.4 is 11.1 Å². The van der Waals surface area contributed by atoms with Gasteiger partial charge in [0.2, 0.25) is 5.91 Å². The van der Waals surface area contributed by atoms with Crippen molar-refractivity contribution < 1.29 is 14.3 Å². The van der Waals surface area contributed by atoms with Crippen molar-refractivity contribution in [3.8, 4) is 0 Å². The molecule has 0 spiro atoms. The molecule has 0 fully saturated rings. The topological polar surface area (TPSA) is 81.4 Å². The number of para-hydroxylation sites is 1. The lowest BCUT2D eigenvalue weighted by Crippen LogP contribution is -2.35. The molecule has 0 heterocycles. The Labute approximate surface area is 106 Å². The lowest BCUT2D eigenvalue weighted by molar-refractivity contribution is -0.117. The maximum Gasteiger partial charge on any atom is 0.340 e. The monoisotopic (exact) mass is 250 g/mol. The van der Waals surface area contributed by atoms with Gasteiger partial charge in [-0.2, -0.15) is 0 Å². The van der Waals surface area contributed by atoms with Crippen molar-refractivity contribution in [3.05, 3.63) is 29.8 Å². The van der Waals surface area contributed by atoms with Gasteiger partial charge in [0.05, 0.1) is 23.9 Å². The summed E-state index contributed by atoms with van der Waals surface area (Å²) in [5.41, 5.74) is 6.37. The number of esters is 1. The second-order valence-electron chi connectivity index (χ2n) is 3.77. The van der Waals surface area contributed by atoms with Gasteiger partial charge in [-0.3, -0.25) is 4.79 Å². The minimum absolute atomic E-state index is 0.287. The molecular formula is C13H18N2O3. The molecule has 0 bridgehead atoms. The molecule has 0 aliphatic rings. The highest BCUT2D eigenvalue weighted by Gasteiger charge is 2.16. The average molecular weight is 250 g/mol. The summed E-state index contributed by atoms with van der Waals surface area (Å²) >= 11 is 0. The lowest BCUT2D eigenvalue weighted by atomic mass is 10.1. The Morgan fingerprint density at radius 3 is 2.61 bits per heavy atom. The fourth-order valence-corrected chi connectivity index (χ4v) is 1.39. The summed E-state index contributed by atoms with van der Waals surface area (Å²) in [7, 11) is 0. The maximum atomic E-state index is 11.7. The van der Waals surface area contributed by atoms with Crippen molar-refractivity contribution in [1.29, 1.82) is 0 Å². The van der Waals surface area contributed by atoms with E-state index < -0.39 is 12.0 Å². The molecule has 1 rings (SSSR count). The first-order valence-electron chi connectivity index (χ1n) is 5.92. The SMILES string of the molecule is CCOC(=O)c1ccccc1NC(=O)C(N)CC. The van der Waals surface area contributed by atoms with Gasteiger partial charge < -0.3 is 15.8 Å². The zero-order valence-electron chi connectivity index (χ0n) is 10.6. The second kappa shape index (κ2) is 6.76. The summed E-state index contributed by atoms with van der Waals surface area (Å²) in [6, 6.07) is 6.11. The molecule has 1 aromatic carbocycles. The number of amides is 1. The molecule has 0 radical (unpaired) electrons. The van der Waals surface area contributed by atoms with Crippen LogP contribution in [0.4, 0.5) is 5.69 Å². The van der Waals surface area contributed by atoms with Crippen molar-refractivity contribution in [3.63, 3.8) is 0 Å². The van der Waals surface area contributed by atoms with Gasteiger partial charge in [-0.15, -0.1) is 0 Å². The number of nitrogens with two attached hydrogens (primary N) is 1. The molecule has 98 valence electrons. The highest BCUT2D eigenvalue weighted by molar-refractivity contribution is 6.02. The Bertz CT molecular complexity index is 432. The fourth-order valence-electron chi connectivity index (χ4n) is 1.39. The predicted molar refractivity (Wildman–Crippen MR) is 69.3 cm³/mol. The van der Waals surface area contributed by atoms with Crippen LogP contribution in [0.1, 0.15) is 30.6 Å². The maximum absolute atomic E-state index is 11.7. The Hall–Kier alpha value is -1.88. The number of nitrogens with one attached hydrogen (secondary N) is 1. The van der Waals surface area contributed by atoms with Crippen molar-refractivity contribution in [2.75, 3.05) is 11.9 Å². The van der Waals surface area contributed by atoms with Crippen molar-refractivity contribution >= 4 is 17.6 Å². The third kappa shape index (κ3) is 3.56. The molecule has 1 unspecified atom stereocenters. The van der Waals surface area contributed by atoms with E-state index in [4.69, 9.17) is 10.5 Å². The lowest BCUT2D eigenvalue weighted by Gasteiger charge is -2.13. The molecule has 0 aromatic heterocycles. The molecule has 0 aliphatic carbocycles. The molecule has 3 N–H and O–H groups in total. The molecule has 0 aliphatic heterocycles. The van der Waals surface area contributed by atoms with E-state index in [0.717, 1.165) is 0 Å². The zero-order valence-corrected chi connectivity index (χ0v) is 10.6. The molecule has 0 saturated heterocycles. The number of carbonyl (C=O) groups is 2. The van der Waals surface area contributed by atoms with Crippen molar-refractivity contribution in [2.45, 2.75) is 26.3 Å². The third-order valence-corrected chi connectivity index (χ3v) is 2.46. The molecule has 5 nitrogen and oxygen atoms in total. The quantitative estimate of drug-likeness (QED) is 0.777. The number of benzene rings is 1. The first-order chi connectivity index (χ1) is 8.60. The summed E-state index contributed by atoms with van der Waals surface area (Å²) in [6.45, 7) is 3.84. The van der Waals surface area contributed by atoms with E-state index in [0.29, 0.717) is 17.7 Å². The van der Waals surface area contributed by atoms with E-state index in [9.17, 15) is 9.59 Å². The molecule has 18 heavy (non-hydrogen) atoms. The Kier molecular flexibility index (Phi) is 5.32. The average Bonchev–Trinajstić information content (AvgIpc) is 2.38. The number of anilines is 1. The molecule has 0 saturated carbocycles. The van der Waals surface area contributed by atoms with E-state index in [-0.39, 0.29) is 12.5 Å². The Morgan fingerprint density at radius 2 is 2.00 bits per heavy atom. The second-order valence-corrected chi connectivity index (χ2v) is 3.77. The normalized spacial score (nSPS) is 11.7. The zero-order chi connectivity index (χ0) is 13.5. The van der Waals surface area contributed by atoms with Crippen LogP contribution in [0.3, 0.4) is 0 Å². The largest absolute Gasteiger partial charge is 0.462 e. The van der Waals surface area contributed by atoms with Crippen LogP contribution in [0.25, 0.3) is 0 Å². The van der Waals surface area contributed by atoms with Gasteiger partial charge in [0, 0.05) is 0 Å². The number of carbonyl (C=O) groups excluding carboxylic acids is 2. The molecule has 1 aromatic rings. The van der Waals surface area contributed by atoms with E-state index in [2.05, 4.69) is 5.32 Å². The van der Waals surface area contributed by atoms with Gasteiger partial charge in [-0.25, -0.2) is 4.79 Å². The first-order valence-corrected chi connectivity index (χ1v) is 5.92. The van der Waals surface area contributed by atoms with Crippen LogP contribution in [0.15, 0.2) is 24.3 Å². The Balaban J connectivity index is 2.89. The van der Waals surface area contributed by atoms with Crippen molar-refractivity contribution in [1.82, 2.24) is 0 Å². The highest BCUT2D eigenvalue weighted by Crippen LogP contribution is 2.16. The summed E-state index contributed by atoms with van der Waals surface area (Å²) < 4.78 is 4.92. The predicted octanol–water partition coefficient (Wildman–Crippen LogP) is 1.54. The number of hydrogen-bond donors (Lipinski definition) is 2. The first kappa shape index (κ1) is 14.2. The highest BCUT2D eigenvalue weighted by atomic mass is 16.5. The van der Waals surface area contributed by atoms with Gasteiger partial charge in [0.15, 0.2) is 0 Å². The van der Waals surface area contributed by atoms with Crippen LogP contribution in [-0.2, 0) is 9.53 Å². The van der Waals surface area contributed by atoms with Gasteiger partial charge in [0.1, 0.15) is 0 Å². The van der Waals surface area contributed by atoms with Crippen molar-refractivity contribution in [2.24, 2.45) is 5.73 Å². The van der Waals surface area contributed by atoms with Crippen LogP contribution in [-0.4, -0.2) is 24.5 Å². The minimum atomic E-state index is -0.583. The van der Waals surface area contributed by atoms with Gasteiger partial charge in [0.25, 0.3) is 0 Å². The Morgan fingerprint density at radius 1 is 1.33 bits per heavy atom. The number of ether oxygens (including phenoxy) is 1. The molecular weight excluding hydrogens is 232 g/mol. The van der Waals surface area contributed by atoms with Crippen LogP contribution in [0.5, 0.6) is 0 Å². The molecule has 5 heteroatoms. The molecule has 1 amide bonds. The fraction of sp³-hybridized carbons (Fsp3) is 0.385. The third-order valence-electron chi connectivity index (χ3n) is 2.46. The number of rotatable bonds is 5. The van der Waals surface area contributed by atoms with Crippen LogP contribution in [0, 0.1) is 0 Å². The van der Waals surface area contributed by atoms with E-state index >= 15 is 0 Å². The van der Waals surface area contributed by atoms with Gasteiger partial charge in [-0.1, -0.05) is 19.1 Å². The standard InChI is InChI=1S/C13H18N2O3/c1-3-10(14)12(16)15-11-8-6-5-7-9(11)13(17)18-4-2/h5-8,10H,3-4,14H2,1-2H3,(H,15,16). The van der Waals surface area contributed by atoms with E-state index in [1.807, 2.05) is 6.92 Å². The number of hydrogen-bond acceptors (Lipinski definition) is 4.